The Morgan fingerprint density at radius 2 is 1.51 bits per heavy atom. The summed E-state index contributed by atoms with van der Waals surface area (Å²) >= 11 is 6.13. The standard InChI is InChI=1S/C35H37ClN4O4S/c36-31-15-10-29(11-16-31)26-40(33(23-28-7-2-1-3-8-28)35(42)38-25-30-9-6-20-37-24-30)34(41)19-14-27-12-17-32(18-13-27)45(43,44)39-21-4-5-22-39/h1-3,6-13,15-18,20,24,33H,4-5,14,19,21-23,25-26H2,(H,38,42)/t33-/m1/s1. The van der Waals surface area contributed by atoms with Gasteiger partial charge in [0.05, 0.1) is 4.90 Å². The first-order valence-electron chi connectivity index (χ1n) is 15.1. The molecule has 0 aliphatic carbocycles. The molecule has 8 nitrogen and oxygen atoms in total. The smallest absolute Gasteiger partial charge is 0.243 e. The Kier molecular flexibility index (Phi) is 11.0. The van der Waals surface area contributed by atoms with Gasteiger partial charge in [-0.2, -0.15) is 4.31 Å². The average Bonchev–Trinajstić information content (AvgIpc) is 3.63. The minimum Gasteiger partial charge on any atom is -0.350 e. The van der Waals surface area contributed by atoms with Crippen LogP contribution in [0.4, 0.5) is 0 Å². The number of sulfonamides is 1. The second kappa shape index (κ2) is 15.3. The topological polar surface area (TPSA) is 99.7 Å². The van der Waals surface area contributed by atoms with E-state index >= 15 is 0 Å². The van der Waals surface area contributed by atoms with Gasteiger partial charge >= 0.3 is 0 Å². The van der Waals surface area contributed by atoms with E-state index in [-0.39, 0.29) is 36.2 Å². The highest BCUT2D eigenvalue weighted by atomic mass is 35.5. The normalized spacial score (nSPS) is 14.2. The fourth-order valence-electron chi connectivity index (χ4n) is 5.45. The van der Waals surface area contributed by atoms with E-state index in [1.165, 1.54) is 4.31 Å². The number of hydrogen-bond acceptors (Lipinski definition) is 5. The number of pyridine rings is 1. The molecule has 4 aromatic rings. The van der Waals surface area contributed by atoms with Gasteiger partial charge in [0.25, 0.3) is 0 Å². The largest absolute Gasteiger partial charge is 0.350 e. The van der Waals surface area contributed by atoms with Crippen molar-refractivity contribution in [1.29, 1.82) is 0 Å². The van der Waals surface area contributed by atoms with Crippen LogP contribution >= 0.6 is 11.6 Å². The van der Waals surface area contributed by atoms with Gasteiger partial charge in [-0.15, -0.1) is 0 Å². The number of halogens is 1. The lowest BCUT2D eigenvalue weighted by atomic mass is 10.0. The molecular weight excluding hydrogens is 608 g/mol. The van der Waals surface area contributed by atoms with E-state index in [1.807, 2.05) is 54.6 Å². The van der Waals surface area contributed by atoms with Crippen molar-refractivity contribution >= 4 is 33.4 Å². The van der Waals surface area contributed by atoms with Crippen LogP contribution < -0.4 is 5.32 Å². The Labute approximate surface area is 270 Å². The summed E-state index contributed by atoms with van der Waals surface area (Å²) in [7, 11) is -3.51. The van der Waals surface area contributed by atoms with E-state index < -0.39 is 16.1 Å². The molecule has 0 unspecified atom stereocenters. The van der Waals surface area contributed by atoms with E-state index in [2.05, 4.69) is 10.3 Å². The minimum atomic E-state index is -3.51. The van der Waals surface area contributed by atoms with Gasteiger partial charge in [-0.1, -0.05) is 72.3 Å². The lowest BCUT2D eigenvalue weighted by Crippen LogP contribution is -2.50. The first-order chi connectivity index (χ1) is 21.8. The molecule has 0 radical (unpaired) electrons. The highest BCUT2D eigenvalue weighted by Gasteiger charge is 2.31. The summed E-state index contributed by atoms with van der Waals surface area (Å²) in [4.78, 5) is 33.9. The summed E-state index contributed by atoms with van der Waals surface area (Å²) in [6.07, 6.45) is 6.00. The van der Waals surface area contributed by atoms with Crippen LogP contribution in [0.1, 0.15) is 41.5 Å². The number of nitrogens with zero attached hydrogens (tertiary/aromatic N) is 3. The van der Waals surface area contributed by atoms with Crippen molar-refractivity contribution in [3.63, 3.8) is 0 Å². The summed E-state index contributed by atoms with van der Waals surface area (Å²) in [6.45, 7) is 1.60. The molecule has 0 saturated carbocycles. The zero-order chi connectivity index (χ0) is 31.6. The molecule has 1 aliphatic heterocycles. The van der Waals surface area contributed by atoms with Gasteiger partial charge in [0.15, 0.2) is 0 Å². The van der Waals surface area contributed by atoms with E-state index in [9.17, 15) is 18.0 Å². The minimum absolute atomic E-state index is 0.146. The SMILES string of the molecule is O=C(NCc1cccnc1)[C@@H](Cc1ccccc1)N(Cc1ccc(Cl)cc1)C(=O)CCc1ccc(S(=O)(=O)N2CCCC2)cc1. The van der Waals surface area contributed by atoms with E-state index in [0.29, 0.717) is 31.0 Å². The number of hydrogen-bond donors (Lipinski definition) is 1. The lowest BCUT2D eigenvalue weighted by molar-refractivity contribution is -0.141. The van der Waals surface area contributed by atoms with Crippen molar-refractivity contribution in [2.24, 2.45) is 0 Å². The van der Waals surface area contributed by atoms with Gasteiger partial charge < -0.3 is 10.2 Å². The van der Waals surface area contributed by atoms with Crippen LogP contribution in [0, 0.1) is 0 Å². The van der Waals surface area contributed by atoms with Crippen molar-refractivity contribution in [2.45, 2.75) is 56.1 Å². The summed E-state index contributed by atoms with van der Waals surface area (Å²) in [5, 5.41) is 3.60. The highest BCUT2D eigenvalue weighted by molar-refractivity contribution is 7.89. The molecule has 5 rings (SSSR count). The highest BCUT2D eigenvalue weighted by Crippen LogP contribution is 2.22. The molecule has 1 N–H and O–H groups in total. The Bertz CT molecular complexity index is 1660. The van der Waals surface area contributed by atoms with Gasteiger partial charge in [0.2, 0.25) is 21.8 Å². The first kappa shape index (κ1) is 32.3. The Balaban J connectivity index is 1.36. The van der Waals surface area contributed by atoms with Gasteiger partial charge in [0, 0.05) is 56.4 Å². The molecule has 1 aliphatic rings. The van der Waals surface area contributed by atoms with Gasteiger partial charge in [-0.05, 0) is 71.8 Å². The number of aromatic nitrogens is 1. The van der Waals surface area contributed by atoms with Crippen LogP contribution in [0.3, 0.4) is 0 Å². The second-order valence-corrected chi connectivity index (χ2v) is 13.6. The third kappa shape index (κ3) is 8.78. The molecule has 1 saturated heterocycles. The predicted molar refractivity (Wildman–Crippen MR) is 175 cm³/mol. The van der Waals surface area contributed by atoms with Crippen LogP contribution in [-0.4, -0.2) is 53.6 Å². The third-order valence-corrected chi connectivity index (χ3v) is 10.1. The summed E-state index contributed by atoms with van der Waals surface area (Å²) in [6, 6.07) is 26.6. The Morgan fingerprint density at radius 3 is 2.18 bits per heavy atom. The molecule has 234 valence electrons. The molecule has 45 heavy (non-hydrogen) atoms. The zero-order valence-electron chi connectivity index (χ0n) is 25.0. The van der Waals surface area contributed by atoms with Crippen LogP contribution in [0.2, 0.25) is 5.02 Å². The molecule has 2 heterocycles. The van der Waals surface area contributed by atoms with Crippen LogP contribution in [0.5, 0.6) is 0 Å². The number of amides is 2. The van der Waals surface area contributed by atoms with Crippen LogP contribution in [-0.2, 0) is 45.5 Å². The maximum atomic E-state index is 14.0. The molecular formula is C35H37ClN4O4S. The number of carbonyl (C=O) groups is 2. The number of benzene rings is 3. The fraction of sp³-hybridized carbons (Fsp3) is 0.286. The van der Waals surface area contributed by atoms with E-state index in [1.54, 1.807) is 53.7 Å². The zero-order valence-corrected chi connectivity index (χ0v) is 26.6. The quantitative estimate of drug-likeness (QED) is 0.210. The van der Waals surface area contributed by atoms with Gasteiger partial charge in [-0.25, -0.2) is 8.42 Å². The fourth-order valence-corrected chi connectivity index (χ4v) is 7.09. The second-order valence-electron chi connectivity index (χ2n) is 11.2. The number of nitrogens with one attached hydrogen (secondary N) is 1. The van der Waals surface area contributed by atoms with E-state index in [0.717, 1.165) is 35.1 Å². The van der Waals surface area contributed by atoms with Crippen molar-refractivity contribution < 1.29 is 18.0 Å². The molecule has 1 aromatic heterocycles. The maximum Gasteiger partial charge on any atom is 0.243 e. The molecule has 1 atom stereocenters. The number of aryl methyl sites for hydroxylation is 1. The molecule has 1 fully saturated rings. The Hall–Kier alpha value is -4.05. The molecule has 2 amide bonds. The first-order valence-corrected chi connectivity index (χ1v) is 16.9. The number of carbonyl (C=O) groups excluding carboxylic acids is 2. The summed E-state index contributed by atoms with van der Waals surface area (Å²) in [5.74, 6) is -0.447. The molecule has 3 aromatic carbocycles. The van der Waals surface area contributed by atoms with Crippen LogP contribution in [0.15, 0.2) is 108 Å². The average molecular weight is 645 g/mol. The molecule has 0 spiro atoms. The van der Waals surface area contributed by atoms with Gasteiger partial charge in [0.1, 0.15) is 6.04 Å². The van der Waals surface area contributed by atoms with Crippen molar-refractivity contribution in [2.75, 3.05) is 13.1 Å². The Morgan fingerprint density at radius 1 is 0.844 bits per heavy atom. The monoisotopic (exact) mass is 644 g/mol. The van der Waals surface area contributed by atoms with Crippen molar-refractivity contribution in [3.05, 3.63) is 131 Å². The summed E-state index contributed by atoms with van der Waals surface area (Å²) in [5.41, 5.74) is 3.48. The van der Waals surface area contributed by atoms with E-state index in [4.69, 9.17) is 11.6 Å². The lowest BCUT2D eigenvalue weighted by Gasteiger charge is -2.32. The molecule has 10 heteroatoms. The maximum absolute atomic E-state index is 14.0. The molecule has 0 bridgehead atoms. The van der Waals surface area contributed by atoms with Crippen molar-refractivity contribution in [1.82, 2.24) is 19.5 Å². The van der Waals surface area contributed by atoms with Gasteiger partial charge in [-0.3, -0.25) is 14.6 Å². The summed E-state index contributed by atoms with van der Waals surface area (Å²) < 4.78 is 27.4. The predicted octanol–water partition coefficient (Wildman–Crippen LogP) is 5.41. The third-order valence-electron chi connectivity index (χ3n) is 7.98. The van der Waals surface area contributed by atoms with Crippen LogP contribution in [0.25, 0.3) is 0 Å². The number of rotatable bonds is 13. The van der Waals surface area contributed by atoms with Crippen molar-refractivity contribution in [3.8, 4) is 0 Å².